The number of benzene rings is 2. The Kier molecular flexibility index (Phi) is 6.17. The van der Waals surface area contributed by atoms with E-state index >= 15 is 0 Å². The summed E-state index contributed by atoms with van der Waals surface area (Å²) in [4.78, 5) is 17.8. The lowest BCUT2D eigenvalue weighted by Gasteiger charge is -2.26. The van der Waals surface area contributed by atoms with E-state index in [0.29, 0.717) is 17.9 Å². The van der Waals surface area contributed by atoms with E-state index in [2.05, 4.69) is 32.6 Å². The first-order valence-electron chi connectivity index (χ1n) is 11.6. The lowest BCUT2D eigenvalue weighted by atomic mass is 10.0. The van der Waals surface area contributed by atoms with Crippen molar-refractivity contribution in [2.45, 2.75) is 38.3 Å². The summed E-state index contributed by atoms with van der Waals surface area (Å²) in [6, 6.07) is 17.7. The maximum absolute atomic E-state index is 13.4. The fourth-order valence-corrected chi connectivity index (χ4v) is 4.84. The molecule has 0 radical (unpaired) electrons. The molecule has 2 aromatic heterocycles. The lowest BCUT2D eigenvalue weighted by Crippen LogP contribution is -3.12. The van der Waals surface area contributed by atoms with E-state index in [4.69, 9.17) is 4.74 Å². The van der Waals surface area contributed by atoms with E-state index < -0.39 is 0 Å². The first-order valence-corrected chi connectivity index (χ1v) is 11.6. The predicted octanol–water partition coefficient (Wildman–Crippen LogP) is 2.12. The smallest absolute Gasteiger partial charge is 0.258 e. The third-order valence-corrected chi connectivity index (χ3v) is 6.54. The van der Waals surface area contributed by atoms with Crippen molar-refractivity contribution >= 4 is 10.9 Å². The van der Waals surface area contributed by atoms with Crippen LogP contribution in [0, 0.1) is 0 Å². The summed E-state index contributed by atoms with van der Waals surface area (Å²) in [6.07, 6.45) is 4.71. The molecule has 33 heavy (non-hydrogen) atoms. The summed E-state index contributed by atoms with van der Waals surface area (Å²) in [6.45, 7) is 2.54. The minimum absolute atomic E-state index is 0.105. The van der Waals surface area contributed by atoms with Gasteiger partial charge in [0.25, 0.3) is 5.56 Å². The molecule has 1 atom stereocenters. The van der Waals surface area contributed by atoms with Gasteiger partial charge in [0.2, 0.25) is 5.82 Å². The molecule has 8 heteroatoms. The number of likely N-dealkylation sites (tertiary alicyclic amines) is 1. The number of H-pyrrole nitrogens is 1. The van der Waals surface area contributed by atoms with E-state index in [0.717, 1.165) is 48.2 Å². The van der Waals surface area contributed by atoms with Crippen LogP contribution < -0.4 is 15.2 Å². The van der Waals surface area contributed by atoms with E-state index in [9.17, 15) is 4.79 Å². The van der Waals surface area contributed by atoms with Crippen molar-refractivity contribution in [2.75, 3.05) is 20.2 Å². The number of hydrogen-bond donors (Lipinski definition) is 2. The Labute approximate surface area is 192 Å². The average molecular weight is 446 g/mol. The van der Waals surface area contributed by atoms with Crippen molar-refractivity contribution in [3.63, 3.8) is 0 Å². The first kappa shape index (κ1) is 21.3. The summed E-state index contributed by atoms with van der Waals surface area (Å²) >= 11 is 0. The second-order valence-corrected chi connectivity index (χ2v) is 8.69. The largest absolute Gasteiger partial charge is 0.497 e. The van der Waals surface area contributed by atoms with E-state index in [1.54, 1.807) is 7.11 Å². The van der Waals surface area contributed by atoms with Crippen LogP contribution in [0.1, 0.15) is 48.7 Å². The van der Waals surface area contributed by atoms with Gasteiger partial charge in [-0.1, -0.05) is 30.3 Å². The molecule has 0 amide bonds. The highest BCUT2D eigenvalue weighted by Crippen LogP contribution is 2.22. The summed E-state index contributed by atoms with van der Waals surface area (Å²) in [5, 5.41) is 13.7. The van der Waals surface area contributed by atoms with Crippen molar-refractivity contribution in [1.29, 1.82) is 0 Å². The molecule has 4 aromatic rings. The van der Waals surface area contributed by atoms with Crippen molar-refractivity contribution in [1.82, 2.24) is 25.2 Å². The van der Waals surface area contributed by atoms with Gasteiger partial charge in [0.1, 0.15) is 5.75 Å². The number of rotatable bonds is 6. The van der Waals surface area contributed by atoms with Crippen LogP contribution in [0.4, 0.5) is 0 Å². The molecule has 8 nitrogen and oxygen atoms in total. The molecule has 0 spiro atoms. The number of nitrogens with zero attached hydrogens (tertiary/aromatic N) is 4. The molecule has 170 valence electrons. The molecule has 0 bridgehead atoms. The van der Waals surface area contributed by atoms with Gasteiger partial charge in [0.05, 0.1) is 37.8 Å². The molecular formula is C25H29N6O2+. The molecule has 5 rings (SSSR count). The first-order chi connectivity index (χ1) is 16.2. The van der Waals surface area contributed by atoms with Crippen LogP contribution in [0.5, 0.6) is 5.75 Å². The van der Waals surface area contributed by atoms with Crippen molar-refractivity contribution in [3.8, 4) is 5.75 Å². The Balaban J connectivity index is 1.61. The van der Waals surface area contributed by atoms with Crippen LogP contribution in [0.25, 0.3) is 10.9 Å². The molecule has 1 saturated heterocycles. The molecule has 2 aromatic carbocycles. The number of quaternary nitrogens is 1. The van der Waals surface area contributed by atoms with Gasteiger partial charge >= 0.3 is 0 Å². The molecule has 1 aliphatic heterocycles. The summed E-state index contributed by atoms with van der Waals surface area (Å²) in [5.41, 5.74) is 2.48. The van der Waals surface area contributed by atoms with Crippen LogP contribution >= 0.6 is 0 Å². The highest BCUT2D eigenvalue weighted by molar-refractivity contribution is 5.80. The summed E-state index contributed by atoms with van der Waals surface area (Å²) in [7, 11) is 1.62. The topological polar surface area (TPSA) is 90.1 Å². The summed E-state index contributed by atoms with van der Waals surface area (Å²) in [5.74, 6) is 1.45. The summed E-state index contributed by atoms with van der Waals surface area (Å²) < 4.78 is 7.17. The van der Waals surface area contributed by atoms with Gasteiger partial charge in [-0.2, -0.15) is 0 Å². The minimum Gasteiger partial charge on any atom is -0.497 e. The molecule has 2 N–H and O–H groups in total. The Morgan fingerprint density at radius 1 is 1.06 bits per heavy atom. The second kappa shape index (κ2) is 9.54. The standard InChI is InChI=1S/C25H28N6O2/c1-33-20-12-11-19-15-21(25(32)26-22(19)16-20)23(30-13-7-2-3-8-14-30)24-27-28-29-31(24)17-18-9-5-4-6-10-18/h4-6,9-12,15-16,23H,2-3,7-8,13-14,17H2,1H3,(H,26,32)/p+1/t23-/m1/s1. The molecule has 1 fully saturated rings. The maximum Gasteiger partial charge on any atom is 0.258 e. The van der Waals surface area contributed by atoms with E-state index in [1.165, 1.54) is 17.7 Å². The third kappa shape index (κ3) is 4.52. The number of hydrogen-bond acceptors (Lipinski definition) is 5. The van der Waals surface area contributed by atoms with Crippen LogP contribution in [0.3, 0.4) is 0 Å². The average Bonchev–Trinajstić information content (AvgIpc) is 3.11. The number of pyridine rings is 1. The Bertz CT molecular complexity index is 1280. The lowest BCUT2D eigenvalue weighted by molar-refractivity contribution is -0.925. The fraction of sp³-hybridized carbons (Fsp3) is 0.360. The Morgan fingerprint density at radius 2 is 1.85 bits per heavy atom. The van der Waals surface area contributed by atoms with Crippen LogP contribution in [-0.2, 0) is 6.54 Å². The molecule has 0 saturated carbocycles. The van der Waals surface area contributed by atoms with E-state index in [-0.39, 0.29) is 11.6 Å². The van der Waals surface area contributed by atoms with Crippen LogP contribution in [0.15, 0.2) is 59.4 Å². The van der Waals surface area contributed by atoms with Gasteiger partial charge in [-0.05, 0) is 65.3 Å². The zero-order chi connectivity index (χ0) is 22.6. The van der Waals surface area contributed by atoms with Crippen molar-refractivity contribution in [2.24, 2.45) is 0 Å². The van der Waals surface area contributed by atoms with Gasteiger partial charge in [-0.25, -0.2) is 4.68 Å². The Hall–Kier alpha value is -3.52. The highest BCUT2D eigenvalue weighted by atomic mass is 16.5. The highest BCUT2D eigenvalue weighted by Gasteiger charge is 2.34. The number of fused-ring (bicyclic) bond motifs is 1. The zero-order valence-electron chi connectivity index (χ0n) is 18.8. The number of methoxy groups -OCH3 is 1. The van der Waals surface area contributed by atoms with Gasteiger partial charge in [0, 0.05) is 6.07 Å². The van der Waals surface area contributed by atoms with Gasteiger partial charge < -0.3 is 14.6 Å². The Morgan fingerprint density at radius 3 is 2.61 bits per heavy atom. The SMILES string of the molecule is COc1ccc2cc([C@H](c3nnnn3Cc3ccccc3)[NH+]3CCCCCC3)c(=O)[nH]c2c1. The third-order valence-electron chi connectivity index (χ3n) is 6.54. The van der Waals surface area contributed by atoms with Crippen LogP contribution in [-0.4, -0.2) is 45.4 Å². The molecule has 0 unspecified atom stereocenters. The number of aromatic amines is 1. The molecule has 3 heterocycles. The quantitative estimate of drug-likeness (QED) is 0.475. The minimum atomic E-state index is -0.239. The van der Waals surface area contributed by atoms with E-state index in [1.807, 2.05) is 47.1 Å². The number of nitrogens with one attached hydrogen (secondary N) is 2. The maximum atomic E-state index is 13.4. The zero-order valence-corrected chi connectivity index (χ0v) is 18.8. The van der Waals surface area contributed by atoms with Gasteiger partial charge in [-0.15, -0.1) is 5.10 Å². The van der Waals surface area contributed by atoms with Crippen molar-refractivity contribution in [3.05, 3.63) is 81.9 Å². The number of tetrazole rings is 1. The van der Waals surface area contributed by atoms with Crippen LogP contribution in [0.2, 0.25) is 0 Å². The predicted molar refractivity (Wildman–Crippen MR) is 125 cm³/mol. The normalized spacial score (nSPS) is 15.9. The monoisotopic (exact) mass is 445 g/mol. The van der Waals surface area contributed by atoms with Crippen molar-refractivity contribution < 1.29 is 9.64 Å². The van der Waals surface area contributed by atoms with Gasteiger partial charge in [-0.3, -0.25) is 4.79 Å². The van der Waals surface area contributed by atoms with Gasteiger partial charge in [0.15, 0.2) is 6.04 Å². The number of ether oxygens (including phenoxy) is 1. The molecule has 1 aliphatic rings. The second-order valence-electron chi connectivity index (χ2n) is 8.69. The molecule has 0 aliphatic carbocycles. The molecular weight excluding hydrogens is 416 g/mol. The fourth-order valence-electron chi connectivity index (χ4n) is 4.84. The number of aromatic nitrogens is 5.